The molecular weight excluding hydrogens is 419 g/mol. The van der Waals surface area contributed by atoms with Crippen molar-refractivity contribution in [1.29, 1.82) is 0 Å². The van der Waals surface area contributed by atoms with Gasteiger partial charge >= 0.3 is 5.97 Å². The van der Waals surface area contributed by atoms with Gasteiger partial charge in [-0.1, -0.05) is 23.7 Å². The van der Waals surface area contributed by atoms with Gasteiger partial charge in [0.05, 0.1) is 11.9 Å². The van der Waals surface area contributed by atoms with Gasteiger partial charge in [0.1, 0.15) is 10.7 Å². The number of fused-ring (bicyclic) bond motifs is 3. The minimum Gasteiger partial charge on any atom is -0.481 e. The number of carbonyl (C=O) groups is 1. The van der Waals surface area contributed by atoms with Crippen LogP contribution in [-0.4, -0.2) is 24.1 Å². The molecule has 2 aromatic carbocycles. The maximum atomic E-state index is 14.2. The van der Waals surface area contributed by atoms with E-state index in [1.165, 1.54) is 6.07 Å². The number of hydrogen-bond acceptors (Lipinski definition) is 3. The Morgan fingerprint density at radius 3 is 2.59 bits per heavy atom. The molecule has 3 N–H and O–H groups in total. The lowest BCUT2D eigenvalue weighted by atomic mass is 10.0. The molecule has 9 heteroatoms. The van der Waals surface area contributed by atoms with E-state index in [1.54, 1.807) is 16.7 Å². The van der Waals surface area contributed by atoms with Gasteiger partial charge in [-0.2, -0.15) is 0 Å². The fourth-order valence-corrected chi connectivity index (χ4v) is 5.14. The predicted molar refractivity (Wildman–Crippen MR) is 107 cm³/mol. The zero-order chi connectivity index (χ0) is 20.9. The van der Waals surface area contributed by atoms with Crippen molar-refractivity contribution in [2.75, 3.05) is 0 Å². The Bertz CT molecular complexity index is 1240. The smallest absolute Gasteiger partial charge is 0.304 e. The molecule has 0 fully saturated rings. The number of hydrogen-bond donors (Lipinski definition) is 2. The van der Waals surface area contributed by atoms with E-state index >= 15 is 0 Å². The van der Waals surface area contributed by atoms with E-state index in [4.69, 9.17) is 16.7 Å². The monoisotopic (exact) mass is 436 g/mol. The van der Waals surface area contributed by atoms with Gasteiger partial charge in [0.15, 0.2) is 0 Å². The highest BCUT2D eigenvalue weighted by atomic mass is 35.5. The molecule has 1 unspecified atom stereocenters. The van der Waals surface area contributed by atoms with Gasteiger partial charge in [-0.25, -0.2) is 17.9 Å². The largest absolute Gasteiger partial charge is 0.481 e. The molecule has 1 atom stereocenters. The van der Waals surface area contributed by atoms with Crippen molar-refractivity contribution in [3.05, 3.63) is 64.1 Å². The van der Waals surface area contributed by atoms with E-state index in [0.29, 0.717) is 28.8 Å². The summed E-state index contributed by atoms with van der Waals surface area (Å²) < 4.78 is 40.5. The Kier molecular flexibility index (Phi) is 4.88. The molecule has 29 heavy (non-hydrogen) atoms. The molecule has 4 rings (SSSR count). The van der Waals surface area contributed by atoms with Crippen LogP contribution in [0.5, 0.6) is 0 Å². The number of primary sulfonamides is 1. The molecule has 0 saturated carbocycles. The molecule has 6 nitrogen and oxygen atoms in total. The molecule has 1 aromatic heterocycles. The van der Waals surface area contributed by atoms with Gasteiger partial charge in [0.25, 0.3) is 0 Å². The Morgan fingerprint density at radius 2 is 1.97 bits per heavy atom. The summed E-state index contributed by atoms with van der Waals surface area (Å²) in [6, 6.07) is 9.26. The van der Waals surface area contributed by atoms with Crippen LogP contribution in [0.4, 0.5) is 4.39 Å². The van der Waals surface area contributed by atoms with Crippen molar-refractivity contribution in [1.82, 2.24) is 4.57 Å². The lowest BCUT2D eigenvalue weighted by Gasteiger charge is -2.17. The van der Waals surface area contributed by atoms with Crippen molar-refractivity contribution in [3.63, 3.8) is 0 Å². The van der Waals surface area contributed by atoms with Crippen LogP contribution in [0.1, 0.15) is 35.6 Å². The molecular formula is C20H18ClFN2O4S. The standard InChI is InChI=1S/C20H18ClFN2O4S/c21-13-4-1-11(2-5-13)10-24-19-12(7-18(25)26)3-6-15(19)16-8-14(22)9-17(20(16)24)29(23,27)28/h1-2,4-5,8-9,12H,3,6-7,10H2,(H,25,26)(H2,23,27,28). The number of aliphatic carboxylic acids is 1. The molecule has 3 aromatic rings. The summed E-state index contributed by atoms with van der Waals surface area (Å²) in [5.41, 5.74) is 2.67. The van der Waals surface area contributed by atoms with Gasteiger partial charge in [-0.05, 0) is 48.2 Å². The third-order valence-electron chi connectivity index (χ3n) is 5.35. The number of rotatable bonds is 5. The van der Waals surface area contributed by atoms with Crippen molar-refractivity contribution in [2.45, 2.75) is 36.6 Å². The zero-order valence-corrected chi connectivity index (χ0v) is 16.8. The lowest BCUT2D eigenvalue weighted by Crippen LogP contribution is -2.16. The minimum atomic E-state index is -4.20. The summed E-state index contributed by atoms with van der Waals surface area (Å²) >= 11 is 5.96. The van der Waals surface area contributed by atoms with E-state index in [0.717, 1.165) is 22.9 Å². The highest BCUT2D eigenvalue weighted by Crippen LogP contribution is 2.44. The van der Waals surface area contributed by atoms with Gasteiger partial charge in [0, 0.05) is 28.6 Å². The summed E-state index contributed by atoms with van der Waals surface area (Å²) in [6.07, 6.45) is 1.07. The van der Waals surface area contributed by atoms with Crippen molar-refractivity contribution >= 4 is 38.5 Å². The number of carboxylic acids is 1. The average Bonchev–Trinajstić information content (AvgIpc) is 3.15. The minimum absolute atomic E-state index is 0.0862. The van der Waals surface area contributed by atoms with E-state index in [-0.39, 0.29) is 23.8 Å². The number of halogens is 2. The number of nitrogens with two attached hydrogens (primary N) is 1. The molecule has 0 radical (unpaired) electrons. The SMILES string of the molecule is NS(=O)(=O)c1cc(F)cc2c3c(n(Cc4ccc(Cl)cc4)c12)C(CC(=O)O)CC3. The van der Waals surface area contributed by atoms with Gasteiger partial charge < -0.3 is 9.67 Å². The third-order valence-corrected chi connectivity index (χ3v) is 6.52. The highest BCUT2D eigenvalue weighted by Gasteiger charge is 2.33. The maximum absolute atomic E-state index is 14.2. The van der Waals surface area contributed by atoms with Crippen LogP contribution in [0.2, 0.25) is 5.02 Å². The van der Waals surface area contributed by atoms with Gasteiger partial charge in [0.2, 0.25) is 10.0 Å². The number of sulfonamides is 1. The molecule has 1 aliphatic rings. The molecule has 1 heterocycles. The second kappa shape index (κ2) is 7.12. The molecule has 0 saturated heterocycles. The first-order valence-electron chi connectivity index (χ1n) is 8.98. The molecule has 0 spiro atoms. The average molecular weight is 437 g/mol. The summed E-state index contributed by atoms with van der Waals surface area (Å²) in [5.74, 6) is -1.93. The molecule has 0 bridgehead atoms. The molecule has 0 amide bonds. The third kappa shape index (κ3) is 3.63. The second-order valence-electron chi connectivity index (χ2n) is 7.25. The quantitative estimate of drug-likeness (QED) is 0.637. The summed E-state index contributed by atoms with van der Waals surface area (Å²) in [6.45, 7) is 0.285. The fraction of sp³-hybridized carbons (Fsp3) is 0.250. The van der Waals surface area contributed by atoms with Crippen molar-refractivity contribution in [3.8, 4) is 0 Å². The highest BCUT2D eigenvalue weighted by molar-refractivity contribution is 7.89. The summed E-state index contributed by atoms with van der Waals surface area (Å²) in [5, 5.41) is 15.7. The van der Waals surface area contributed by atoms with E-state index in [2.05, 4.69) is 0 Å². The normalized spacial score (nSPS) is 16.3. The number of benzene rings is 2. The summed E-state index contributed by atoms with van der Waals surface area (Å²) in [4.78, 5) is 11.1. The number of nitrogens with zero attached hydrogens (tertiary/aromatic N) is 1. The first kappa shape index (κ1) is 19.9. The van der Waals surface area contributed by atoms with Crippen LogP contribution < -0.4 is 5.14 Å². The Hall–Kier alpha value is -2.42. The van der Waals surface area contributed by atoms with Crippen LogP contribution in [0.15, 0.2) is 41.3 Å². The van der Waals surface area contributed by atoms with Crippen LogP contribution >= 0.6 is 11.6 Å². The van der Waals surface area contributed by atoms with Gasteiger partial charge in [-0.3, -0.25) is 4.79 Å². The van der Waals surface area contributed by atoms with Crippen LogP contribution in [0.3, 0.4) is 0 Å². The van der Waals surface area contributed by atoms with E-state index in [9.17, 15) is 22.7 Å². The maximum Gasteiger partial charge on any atom is 0.304 e. The molecule has 1 aliphatic carbocycles. The van der Waals surface area contributed by atoms with Gasteiger partial charge in [-0.15, -0.1) is 0 Å². The molecule has 0 aliphatic heterocycles. The Morgan fingerprint density at radius 1 is 1.28 bits per heavy atom. The number of carboxylic acid groups (broad SMARTS) is 1. The van der Waals surface area contributed by atoms with Crippen LogP contribution in [0, 0.1) is 5.82 Å². The van der Waals surface area contributed by atoms with Crippen LogP contribution in [-0.2, 0) is 27.8 Å². The Balaban J connectivity index is 2.02. The zero-order valence-electron chi connectivity index (χ0n) is 15.2. The first-order valence-corrected chi connectivity index (χ1v) is 10.9. The topological polar surface area (TPSA) is 102 Å². The van der Waals surface area contributed by atoms with Crippen molar-refractivity contribution in [2.24, 2.45) is 5.14 Å². The van der Waals surface area contributed by atoms with Crippen LogP contribution in [0.25, 0.3) is 10.9 Å². The molecule has 152 valence electrons. The lowest BCUT2D eigenvalue weighted by molar-refractivity contribution is -0.137. The first-order chi connectivity index (χ1) is 13.6. The predicted octanol–water partition coefficient (Wildman–Crippen LogP) is 3.63. The second-order valence-corrected chi connectivity index (χ2v) is 9.22. The summed E-state index contributed by atoms with van der Waals surface area (Å²) in [7, 11) is -4.20. The van der Waals surface area contributed by atoms with Crippen molar-refractivity contribution < 1.29 is 22.7 Å². The number of aryl methyl sites for hydroxylation is 1. The fourth-order valence-electron chi connectivity index (χ4n) is 4.25. The van der Waals surface area contributed by atoms with E-state index in [1.807, 2.05) is 12.1 Å². The van der Waals surface area contributed by atoms with E-state index < -0.39 is 21.8 Å². The number of aromatic nitrogens is 1. The Labute approximate surface area is 171 Å².